The van der Waals surface area contributed by atoms with Crippen LogP contribution in [0.2, 0.25) is 10.0 Å². The molecule has 0 bridgehead atoms. The normalized spacial score (nSPS) is 10.3. The lowest BCUT2D eigenvalue weighted by Crippen LogP contribution is -2.02. The van der Waals surface area contributed by atoms with Crippen LogP contribution in [0.1, 0.15) is 11.1 Å². The van der Waals surface area contributed by atoms with Crippen LogP contribution >= 0.6 is 23.2 Å². The minimum atomic E-state index is 0.594. The van der Waals surface area contributed by atoms with Crippen LogP contribution in [0.15, 0.2) is 30.3 Å². The molecule has 0 heterocycles. The molecule has 0 aliphatic rings. The number of ether oxygens (including phenoxy) is 2. The molecule has 3 nitrogen and oxygen atoms in total. The summed E-state index contributed by atoms with van der Waals surface area (Å²) in [6.07, 6.45) is 0. The molecule has 0 saturated carbocycles. The maximum atomic E-state index is 6.12. The zero-order chi connectivity index (χ0) is 15.4. The fourth-order valence-corrected chi connectivity index (χ4v) is 2.42. The fourth-order valence-electron chi connectivity index (χ4n) is 1.99. The average molecular weight is 326 g/mol. The van der Waals surface area contributed by atoms with Crippen LogP contribution in [0.3, 0.4) is 0 Å². The second-order valence-electron chi connectivity index (χ2n) is 4.62. The number of anilines is 1. The van der Waals surface area contributed by atoms with E-state index in [-0.39, 0.29) is 0 Å². The molecule has 0 aromatic heterocycles. The molecular weight excluding hydrogens is 309 g/mol. The van der Waals surface area contributed by atoms with Crippen molar-refractivity contribution in [2.75, 3.05) is 19.5 Å². The summed E-state index contributed by atoms with van der Waals surface area (Å²) in [5.74, 6) is 1.38. The largest absolute Gasteiger partial charge is 0.495 e. The van der Waals surface area contributed by atoms with Crippen molar-refractivity contribution in [3.8, 4) is 11.5 Å². The highest BCUT2D eigenvalue weighted by Crippen LogP contribution is 2.31. The number of halogens is 2. The van der Waals surface area contributed by atoms with Crippen LogP contribution in [0.5, 0.6) is 11.5 Å². The first-order chi connectivity index (χ1) is 10.0. The van der Waals surface area contributed by atoms with E-state index in [9.17, 15) is 0 Å². The number of aryl methyl sites for hydroxylation is 1. The minimum absolute atomic E-state index is 0.594. The van der Waals surface area contributed by atoms with Gasteiger partial charge in [-0.1, -0.05) is 29.3 Å². The average Bonchev–Trinajstić information content (AvgIpc) is 2.48. The van der Waals surface area contributed by atoms with Gasteiger partial charge in [0.2, 0.25) is 0 Å². The summed E-state index contributed by atoms with van der Waals surface area (Å²) in [5.41, 5.74) is 2.94. The third kappa shape index (κ3) is 3.74. The van der Waals surface area contributed by atoms with Gasteiger partial charge in [0, 0.05) is 17.6 Å². The Hall–Kier alpha value is -1.58. The van der Waals surface area contributed by atoms with Crippen molar-refractivity contribution in [2.45, 2.75) is 13.5 Å². The molecule has 0 spiro atoms. The van der Waals surface area contributed by atoms with E-state index >= 15 is 0 Å². The first-order valence-corrected chi connectivity index (χ1v) is 7.21. The van der Waals surface area contributed by atoms with Gasteiger partial charge in [0.05, 0.1) is 24.9 Å². The molecule has 0 saturated heterocycles. The van der Waals surface area contributed by atoms with Gasteiger partial charge >= 0.3 is 0 Å². The van der Waals surface area contributed by atoms with Gasteiger partial charge in [-0.25, -0.2) is 0 Å². The Balaban J connectivity index is 2.16. The molecule has 0 unspecified atom stereocenters. The van der Waals surface area contributed by atoms with Crippen LogP contribution in [0.25, 0.3) is 0 Å². The van der Waals surface area contributed by atoms with Gasteiger partial charge in [-0.3, -0.25) is 0 Å². The van der Waals surface area contributed by atoms with E-state index in [4.69, 9.17) is 32.7 Å². The van der Waals surface area contributed by atoms with Gasteiger partial charge in [0.1, 0.15) is 11.5 Å². The number of methoxy groups -OCH3 is 2. The second-order valence-corrected chi connectivity index (χ2v) is 5.44. The monoisotopic (exact) mass is 325 g/mol. The molecule has 21 heavy (non-hydrogen) atoms. The second kappa shape index (κ2) is 6.92. The quantitative estimate of drug-likeness (QED) is 0.845. The Bertz CT molecular complexity index is 644. The lowest BCUT2D eigenvalue weighted by molar-refractivity contribution is 0.415. The Morgan fingerprint density at radius 2 is 1.67 bits per heavy atom. The number of benzene rings is 2. The van der Waals surface area contributed by atoms with Gasteiger partial charge in [0.25, 0.3) is 0 Å². The smallest absolute Gasteiger partial charge is 0.143 e. The molecule has 1 N–H and O–H groups in total. The maximum absolute atomic E-state index is 6.12. The Morgan fingerprint density at radius 3 is 2.29 bits per heavy atom. The van der Waals surface area contributed by atoms with Crippen LogP contribution in [0, 0.1) is 6.92 Å². The van der Waals surface area contributed by atoms with Crippen molar-refractivity contribution in [2.24, 2.45) is 0 Å². The first-order valence-electron chi connectivity index (χ1n) is 6.45. The molecule has 0 atom stereocenters. The minimum Gasteiger partial charge on any atom is -0.495 e. The van der Waals surface area contributed by atoms with Gasteiger partial charge in [-0.05, 0) is 36.2 Å². The number of nitrogens with one attached hydrogen (secondary N) is 1. The molecule has 5 heteroatoms. The molecular formula is C16H17Cl2NO2. The molecule has 112 valence electrons. The van der Waals surface area contributed by atoms with E-state index in [0.717, 1.165) is 16.8 Å². The van der Waals surface area contributed by atoms with E-state index in [2.05, 4.69) is 5.32 Å². The van der Waals surface area contributed by atoms with E-state index in [0.29, 0.717) is 28.1 Å². The van der Waals surface area contributed by atoms with Crippen LogP contribution in [-0.2, 0) is 6.54 Å². The number of hydrogen-bond acceptors (Lipinski definition) is 3. The van der Waals surface area contributed by atoms with Gasteiger partial charge in [0.15, 0.2) is 0 Å². The van der Waals surface area contributed by atoms with E-state index in [1.165, 1.54) is 0 Å². The van der Waals surface area contributed by atoms with E-state index in [1.807, 2.05) is 31.2 Å². The summed E-state index contributed by atoms with van der Waals surface area (Å²) in [4.78, 5) is 0. The topological polar surface area (TPSA) is 30.5 Å². The highest BCUT2D eigenvalue weighted by molar-refractivity contribution is 6.32. The Kier molecular flexibility index (Phi) is 5.21. The number of rotatable bonds is 5. The molecule has 0 amide bonds. The summed E-state index contributed by atoms with van der Waals surface area (Å²) in [6, 6.07) is 9.46. The third-order valence-corrected chi connectivity index (χ3v) is 3.88. The Labute approximate surface area is 134 Å². The standard InChI is InChI=1S/C16H17Cl2NO2/c1-10-6-14(16(21-3)8-12(10)17)19-9-11-4-5-15(20-2)13(18)7-11/h4-8,19H,9H2,1-3H3. The molecule has 0 radical (unpaired) electrons. The van der Waals surface area contributed by atoms with Gasteiger partial charge < -0.3 is 14.8 Å². The maximum Gasteiger partial charge on any atom is 0.143 e. The van der Waals surface area contributed by atoms with Crippen LogP contribution in [-0.4, -0.2) is 14.2 Å². The van der Waals surface area contributed by atoms with Crippen molar-refractivity contribution in [1.82, 2.24) is 0 Å². The van der Waals surface area contributed by atoms with Gasteiger partial charge in [-0.15, -0.1) is 0 Å². The zero-order valence-electron chi connectivity index (χ0n) is 12.2. The third-order valence-electron chi connectivity index (χ3n) is 3.18. The molecule has 2 aromatic carbocycles. The summed E-state index contributed by atoms with van der Waals surface area (Å²) >= 11 is 12.2. The van der Waals surface area contributed by atoms with E-state index < -0.39 is 0 Å². The molecule has 2 rings (SSSR count). The molecule has 0 fully saturated rings. The lowest BCUT2D eigenvalue weighted by atomic mass is 10.1. The van der Waals surface area contributed by atoms with Crippen LogP contribution < -0.4 is 14.8 Å². The van der Waals surface area contributed by atoms with Crippen molar-refractivity contribution in [1.29, 1.82) is 0 Å². The van der Waals surface area contributed by atoms with E-state index in [1.54, 1.807) is 20.3 Å². The van der Waals surface area contributed by atoms with Crippen molar-refractivity contribution >= 4 is 28.9 Å². The highest BCUT2D eigenvalue weighted by Gasteiger charge is 2.07. The van der Waals surface area contributed by atoms with Crippen molar-refractivity contribution in [3.05, 3.63) is 51.5 Å². The van der Waals surface area contributed by atoms with Gasteiger partial charge in [-0.2, -0.15) is 0 Å². The molecule has 0 aliphatic heterocycles. The Morgan fingerprint density at radius 1 is 0.952 bits per heavy atom. The SMILES string of the molecule is COc1ccc(CNc2cc(C)c(Cl)cc2OC)cc1Cl. The predicted molar refractivity (Wildman–Crippen MR) is 88.1 cm³/mol. The summed E-state index contributed by atoms with van der Waals surface area (Å²) in [5, 5.41) is 4.61. The van der Waals surface area contributed by atoms with Crippen molar-refractivity contribution < 1.29 is 9.47 Å². The molecule has 0 aliphatic carbocycles. The summed E-state index contributed by atoms with van der Waals surface area (Å²) < 4.78 is 10.5. The molecule has 2 aromatic rings. The fraction of sp³-hybridized carbons (Fsp3) is 0.250. The predicted octanol–water partition coefficient (Wildman–Crippen LogP) is 4.93. The highest BCUT2D eigenvalue weighted by atomic mass is 35.5. The summed E-state index contributed by atoms with van der Waals surface area (Å²) in [6.45, 7) is 2.58. The number of hydrogen-bond donors (Lipinski definition) is 1. The first kappa shape index (κ1) is 15.8. The van der Waals surface area contributed by atoms with Crippen LogP contribution in [0.4, 0.5) is 5.69 Å². The lowest BCUT2D eigenvalue weighted by Gasteiger charge is -2.13. The zero-order valence-corrected chi connectivity index (χ0v) is 13.7. The summed E-state index contributed by atoms with van der Waals surface area (Å²) in [7, 11) is 3.22. The van der Waals surface area contributed by atoms with Crippen molar-refractivity contribution in [3.63, 3.8) is 0 Å².